The Balaban J connectivity index is 1.19. The van der Waals surface area contributed by atoms with Crippen molar-refractivity contribution in [2.45, 2.75) is 57.0 Å². The minimum Gasteiger partial charge on any atom is -0.497 e. The Bertz CT molecular complexity index is 1510. The van der Waals surface area contributed by atoms with Gasteiger partial charge in [0.05, 0.1) is 18.0 Å². The molecule has 2 aromatic heterocycles. The lowest BCUT2D eigenvalue weighted by molar-refractivity contribution is -0.134. The van der Waals surface area contributed by atoms with E-state index in [0.29, 0.717) is 48.0 Å². The fourth-order valence-electron chi connectivity index (χ4n) is 7.13. The van der Waals surface area contributed by atoms with Crippen LogP contribution in [0.4, 0.5) is 5.69 Å². The molecule has 1 unspecified atom stereocenters. The van der Waals surface area contributed by atoms with E-state index in [-0.39, 0.29) is 17.7 Å². The number of likely N-dealkylation sites (tertiary alicyclic amines) is 1. The second-order valence-electron chi connectivity index (χ2n) is 11.8. The number of carbonyl (C=O) groups is 1. The molecule has 1 amide bonds. The van der Waals surface area contributed by atoms with E-state index in [2.05, 4.69) is 26.6 Å². The zero-order valence-electron chi connectivity index (χ0n) is 24.1. The molecule has 0 N–H and O–H groups in total. The van der Waals surface area contributed by atoms with Gasteiger partial charge in [-0.15, -0.1) is 0 Å². The van der Waals surface area contributed by atoms with Gasteiger partial charge in [-0.05, 0) is 86.1 Å². The van der Waals surface area contributed by atoms with Gasteiger partial charge in [0.2, 0.25) is 15.9 Å². The van der Waals surface area contributed by atoms with Crippen molar-refractivity contribution in [1.82, 2.24) is 18.8 Å². The number of fused-ring (bicyclic) bond motifs is 1. The molecule has 218 valence electrons. The lowest BCUT2D eigenvalue weighted by Crippen LogP contribution is -2.47. The fourth-order valence-corrected chi connectivity index (χ4v) is 9.14. The van der Waals surface area contributed by atoms with Crippen LogP contribution in [0.3, 0.4) is 0 Å². The summed E-state index contributed by atoms with van der Waals surface area (Å²) < 4.78 is 37.4. The summed E-state index contributed by atoms with van der Waals surface area (Å²) in [6.45, 7) is 7.92. The fraction of sp³-hybridized carbons (Fsp3) is 0.484. The second kappa shape index (κ2) is 10.8. The zero-order chi connectivity index (χ0) is 28.8. The minimum atomic E-state index is -3.86. The summed E-state index contributed by atoms with van der Waals surface area (Å²) in [6, 6.07) is 11.0. The van der Waals surface area contributed by atoms with Crippen molar-refractivity contribution in [2.75, 3.05) is 44.7 Å². The molecule has 0 radical (unpaired) electrons. The van der Waals surface area contributed by atoms with Gasteiger partial charge in [-0.25, -0.2) is 8.42 Å². The van der Waals surface area contributed by atoms with Gasteiger partial charge in [-0.1, -0.05) is 0 Å². The third kappa shape index (κ3) is 5.12. The minimum absolute atomic E-state index is 0.0202. The third-order valence-corrected chi connectivity index (χ3v) is 11.6. The molecule has 3 aromatic rings. The van der Waals surface area contributed by atoms with E-state index in [1.165, 1.54) is 5.69 Å². The van der Waals surface area contributed by atoms with E-state index in [9.17, 15) is 13.2 Å². The number of nitrogens with zero attached hydrogens (tertiary/aromatic N) is 5. The number of hydrogen-bond donors (Lipinski definition) is 0. The Morgan fingerprint density at radius 1 is 1.00 bits per heavy atom. The Morgan fingerprint density at radius 2 is 1.68 bits per heavy atom. The predicted molar refractivity (Wildman–Crippen MR) is 157 cm³/mol. The van der Waals surface area contributed by atoms with E-state index in [4.69, 9.17) is 4.74 Å². The normalized spacial score (nSPS) is 20.8. The summed E-state index contributed by atoms with van der Waals surface area (Å²) in [7, 11) is -2.28. The van der Waals surface area contributed by atoms with Gasteiger partial charge in [0.15, 0.2) is 0 Å². The van der Waals surface area contributed by atoms with Crippen LogP contribution >= 0.6 is 0 Å². The van der Waals surface area contributed by atoms with Gasteiger partial charge >= 0.3 is 0 Å². The Morgan fingerprint density at radius 3 is 2.37 bits per heavy atom. The molecule has 0 bridgehead atoms. The van der Waals surface area contributed by atoms with Crippen LogP contribution < -0.4 is 9.64 Å². The molecule has 0 aliphatic carbocycles. The van der Waals surface area contributed by atoms with Crippen molar-refractivity contribution in [3.05, 3.63) is 71.8 Å². The van der Waals surface area contributed by atoms with Crippen molar-refractivity contribution in [2.24, 2.45) is 5.41 Å². The first kappa shape index (κ1) is 27.8. The zero-order valence-corrected chi connectivity index (χ0v) is 24.9. The highest BCUT2D eigenvalue weighted by Gasteiger charge is 2.43. The van der Waals surface area contributed by atoms with Crippen LogP contribution in [0.2, 0.25) is 0 Å². The van der Waals surface area contributed by atoms with Gasteiger partial charge in [0.25, 0.3) is 0 Å². The number of sulfonamides is 1. The van der Waals surface area contributed by atoms with E-state index in [1.54, 1.807) is 37.4 Å². The van der Waals surface area contributed by atoms with E-state index >= 15 is 0 Å². The van der Waals surface area contributed by atoms with Crippen molar-refractivity contribution >= 4 is 21.6 Å². The molecular weight excluding hydrogens is 538 g/mol. The first-order valence-corrected chi connectivity index (χ1v) is 15.9. The SMILES string of the molecule is COc1cc(C)c(S(=O)(=O)N2CCn3cccc3C2CC(=O)N2CCC3(CC2)CCN(c2ccncc2)C3)c(C)c1. The molecule has 2 saturated heterocycles. The number of rotatable bonds is 6. The Labute approximate surface area is 242 Å². The number of hydrogen-bond acceptors (Lipinski definition) is 6. The Kier molecular flexibility index (Phi) is 7.32. The molecule has 5 heterocycles. The number of methoxy groups -OCH3 is 1. The third-order valence-electron chi connectivity index (χ3n) is 9.36. The number of ether oxygens (including phenoxy) is 1. The molecule has 3 aliphatic rings. The number of aromatic nitrogens is 2. The largest absolute Gasteiger partial charge is 0.497 e. The highest BCUT2D eigenvalue weighted by atomic mass is 32.2. The first-order valence-electron chi connectivity index (χ1n) is 14.5. The average molecular weight is 578 g/mol. The monoisotopic (exact) mass is 577 g/mol. The quantitative estimate of drug-likeness (QED) is 0.437. The molecule has 1 atom stereocenters. The van der Waals surface area contributed by atoms with Crippen LogP contribution in [-0.4, -0.2) is 72.9 Å². The maximum atomic E-state index is 14.2. The topological polar surface area (TPSA) is 88.0 Å². The summed E-state index contributed by atoms with van der Waals surface area (Å²) >= 11 is 0. The first-order chi connectivity index (χ1) is 19.7. The van der Waals surface area contributed by atoms with Gasteiger partial charge in [-0.2, -0.15) is 4.31 Å². The molecule has 6 rings (SSSR count). The molecule has 9 nitrogen and oxygen atoms in total. The van der Waals surface area contributed by atoms with Gasteiger partial charge in [-0.3, -0.25) is 9.78 Å². The molecule has 41 heavy (non-hydrogen) atoms. The van der Waals surface area contributed by atoms with Crippen molar-refractivity contribution in [1.29, 1.82) is 0 Å². The maximum Gasteiger partial charge on any atom is 0.244 e. The molecule has 2 fully saturated rings. The van der Waals surface area contributed by atoms with Crippen LogP contribution in [0.1, 0.15) is 48.5 Å². The lowest BCUT2D eigenvalue weighted by Gasteiger charge is -2.41. The number of carbonyl (C=O) groups excluding carboxylic acids is 1. The summed E-state index contributed by atoms with van der Waals surface area (Å²) in [5.41, 5.74) is 3.59. The molecule has 0 saturated carbocycles. The highest BCUT2D eigenvalue weighted by molar-refractivity contribution is 7.89. The number of benzene rings is 1. The average Bonchev–Trinajstić information content (AvgIpc) is 3.61. The summed E-state index contributed by atoms with van der Waals surface area (Å²) in [4.78, 5) is 22.6. The summed E-state index contributed by atoms with van der Waals surface area (Å²) in [5, 5.41) is 0. The Hall–Kier alpha value is -3.37. The van der Waals surface area contributed by atoms with E-state index in [0.717, 1.165) is 38.0 Å². The molecule has 3 aliphatic heterocycles. The number of pyridine rings is 1. The molecular formula is C31H39N5O4S. The van der Waals surface area contributed by atoms with Crippen LogP contribution in [0.15, 0.2) is 59.9 Å². The number of amides is 1. The summed E-state index contributed by atoms with van der Waals surface area (Å²) in [5.74, 6) is 0.652. The van der Waals surface area contributed by atoms with Crippen LogP contribution in [-0.2, 0) is 21.4 Å². The molecule has 1 spiro atoms. The van der Waals surface area contributed by atoms with Crippen molar-refractivity contribution in [3.8, 4) is 5.75 Å². The maximum absolute atomic E-state index is 14.2. The lowest BCUT2D eigenvalue weighted by atomic mass is 9.77. The van der Waals surface area contributed by atoms with Gasteiger partial charge < -0.3 is 19.1 Å². The van der Waals surface area contributed by atoms with Gasteiger partial charge in [0.1, 0.15) is 5.75 Å². The van der Waals surface area contributed by atoms with Crippen LogP contribution in [0.5, 0.6) is 5.75 Å². The van der Waals surface area contributed by atoms with Gasteiger partial charge in [0, 0.05) is 75.7 Å². The van der Waals surface area contributed by atoms with Crippen LogP contribution in [0, 0.1) is 19.3 Å². The smallest absolute Gasteiger partial charge is 0.244 e. The summed E-state index contributed by atoms with van der Waals surface area (Å²) in [6.07, 6.45) is 8.84. The van der Waals surface area contributed by atoms with E-state index < -0.39 is 16.1 Å². The highest BCUT2D eigenvalue weighted by Crippen LogP contribution is 2.43. The predicted octanol–water partition coefficient (Wildman–Crippen LogP) is 4.16. The molecule has 10 heteroatoms. The number of piperidine rings is 1. The van der Waals surface area contributed by atoms with Crippen molar-refractivity contribution < 1.29 is 17.9 Å². The molecule has 1 aromatic carbocycles. The number of aryl methyl sites for hydroxylation is 2. The van der Waals surface area contributed by atoms with Crippen LogP contribution in [0.25, 0.3) is 0 Å². The van der Waals surface area contributed by atoms with Crippen molar-refractivity contribution in [3.63, 3.8) is 0 Å². The second-order valence-corrected chi connectivity index (χ2v) is 13.6. The van der Waals surface area contributed by atoms with E-state index in [1.807, 2.05) is 35.6 Å². The standard InChI is InChI=1S/C31H39N5O4S/c1-23-19-26(40-3)20-24(2)30(23)41(38,39)36-18-17-33-13-4-5-27(33)28(36)21-29(37)34-14-8-31(9-15-34)10-16-35(22-31)25-6-11-32-12-7-25/h4-7,11-13,19-20,28H,8-10,14-18,21-22H2,1-3H3. The number of anilines is 1.